The smallest absolute Gasteiger partial charge is 0.0632 e. The molecule has 2 fully saturated rings. The van der Waals surface area contributed by atoms with E-state index in [-0.39, 0.29) is 0 Å². The summed E-state index contributed by atoms with van der Waals surface area (Å²) in [7, 11) is 0. The summed E-state index contributed by atoms with van der Waals surface area (Å²) in [4.78, 5) is 2.58. The highest BCUT2D eigenvalue weighted by Crippen LogP contribution is 2.24. The van der Waals surface area contributed by atoms with E-state index in [9.17, 15) is 5.11 Å². The summed E-state index contributed by atoms with van der Waals surface area (Å²) in [5.74, 6) is 0. The molecule has 0 aromatic heterocycles. The first-order valence-corrected chi connectivity index (χ1v) is 7.77. The fraction of sp³-hybridized carbons (Fsp3) is 1.00. The average Bonchev–Trinajstić information content (AvgIpc) is 2.51. The lowest BCUT2D eigenvalue weighted by Gasteiger charge is -2.33. The highest BCUT2D eigenvalue weighted by atomic mass is 16.3. The van der Waals surface area contributed by atoms with Gasteiger partial charge in [0.15, 0.2) is 0 Å². The van der Waals surface area contributed by atoms with Gasteiger partial charge >= 0.3 is 0 Å². The monoisotopic (exact) mass is 254 g/mol. The summed E-state index contributed by atoms with van der Waals surface area (Å²) < 4.78 is 0. The Morgan fingerprint density at radius 2 is 2.11 bits per heavy atom. The van der Waals surface area contributed by atoms with Crippen molar-refractivity contribution in [3.05, 3.63) is 0 Å². The van der Waals surface area contributed by atoms with E-state index < -0.39 is 5.60 Å². The minimum atomic E-state index is -0.433. The maximum absolute atomic E-state index is 10.1. The minimum absolute atomic E-state index is 0.433. The Hall–Kier alpha value is -0.120. The molecular formula is C15H30N2O. The van der Waals surface area contributed by atoms with Crippen LogP contribution < -0.4 is 5.32 Å². The summed E-state index contributed by atoms with van der Waals surface area (Å²) in [6.07, 6.45) is 8.36. The van der Waals surface area contributed by atoms with Gasteiger partial charge in [0.25, 0.3) is 0 Å². The lowest BCUT2D eigenvalue weighted by molar-refractivity contribution is 0.0429. The molecule has 3 atom stereocenters. The average molecular weight is 254 g/mol. The molecule has 0 bridgehead atoms. The molecule has 106 valence electrons. The van der Waals surface area contributed by atoms with Gasteiger partial charge in [0, 0.05) is 18.6 Å². The maximum atomic E-state index is 10.1. The van der Waals surface area contributed by atoms with Crippen molar-refractivity contribution in [3.8, 4) is 0 Å². The third kappa shape index (κ3) is 4.22. The van der Waals surface area contributed by atoms with Gasteiger partial charge in [-0.05, 0) is 65.5 Å². The van der Waals surface area contributed by atoms with Crippen LogP contribution in [-0.2, 0) is 0 Å². The number of aliphatic hydroxyl groups is 1. The number of nitrogens with zero attached hydrogens (tertiary/aromatic N) is 1. The van der Waals surface area contributed by atoms with Gasteiger partial charge in [-0.25, -0.2) is 0 Å². The Kier molecular flexibility index (Phi) is 5.05. The molecular weight excluding hydrogens is 224 g/mol. The third-order valence-electron chi connectivity index (χ3n) is 4.76. The molecule has 3 unspecified atom stereocenters. The van der Waals surface area contributed by atoms with Crippen molar-refractivity contribution < 1.29 is 5.11 Å². The molecule has 0 aliphatic carbocycles. The predicted octanol–water partition coefficient (Wildman–Crippen LogP) is 2.14. The SMILES string of the molecule is CC(CC1CCCCN1)N1CCCC(C)(O)CC1. The van der Waals surface area contributed by atoms with Crippen LogP contribution in [0.5, 0.6) is 0 Å². The van der Waals surface area contributed by atoms with E-state index in [0.29, 0.717) is 6.04 Å². The topological polar surface area (TPSA) is 35.5 Å². The summed E-state index contributed by atoms with van der Waals surface area (Å²) in [5, 5.41) is 13.8. The summed E-state index contributed by atoms with van der Waals surface area (Å²) >= 11 is 0. The van der Waals surface area contributed by atoms with Gasteiger partial charge in [-0.15, -0.1) is 0 Å². The van der Waals surface area contributed by atoms with Crippen LogP contribution in [-0.4, -0.2) is 47.3 Å². The lowest BCUT2D eigenvalue weighted by atomic mass is 9.97. The van der Waals surface area contributed by atoms with E-state index in [1.807, 2.05) is 6.92 Å². The van der Waals surface area contributed by atoms with Gasteiger partial charge in [-0.1, -0.05) is 6.42 Å². The molecule has 2 heterocycles. The van der Waals surface area contributed by atoms with Crippen molar-refractivity contribution in [2.75, 3.05) is 19.6 Å². The molecule has 3 nitrogen and oxygen atoms in total. The Balaban J connectivity index is 1.79. The van der Waals surface area contributed by atoms with Gasteiger partial charge in [0.1, 0.15) is 0 Å². The summed E-state index contributed by atoms with van der Waals surface area (Å²) in [5.41, 5.74) is -0.433. The van der Waals surface area contributed by atoms with Crippen LogP contribution in [0.25, 0.3) is 0 Å². The van der Waals surface area contributed by atoms with Crippen LogP contribution in [0.2, 0.25) is 0 Å². The summed E-state index contributed by atoms with van der Waals surface area (Å²) in [6, 6.07) is 1.37. The van der Waals surface area contributed by atoms with E-state index >= 15 is 0 Å². The van der Waals surface area contributed by atoms with Crippen LogP contribution in [0.15, 0.2) is 0 Å². The quantitative estimate of drug-likeness (QED) is 0.810. The van der Waals surface area contributed by atoms with Crippen molar-refractivity contribution in [2.45, 2.75) is 76.5 Å². The maximum Gasteiger partial charge on any atom is 0.0632 e. The van der Waals surface area contributed by atoms with E-state index in [0.717, 1.165) is 38.4 Å². The molecule has 0 radical (unpaired) electrons. The number of nitrogens with one attached hydrogen (secondary N) is 1. The fourth-order valence-electron chi connectivity index (χ4n) is 3.41. The number of hydrogen-bond acceptors (Lipinski definition) is 3. The fourth-order valence-corrected chi connectivity index (χ4v) is 3.41. The van der Waals surface area contributed by atoms with Gasteiger partial charge in [0.05, 0.1) is 5.60 Å². The molecule has 18 heavy (non-hydrogen) atoms. The number of piperidine rings is 1. The first-order chi connectivity index (χ1) is 8.57. The van der Waals surface area contributed by atoms with Crippen molar-refractivity contribution in [2.24, 2.45) is 0 Å². The molecule has 0 spiro atoms. The van der Waals surface area contributed by atoms with Gasteiger partial charge in [0.2, 0.25) is 0 Å². The summed E-state index contributed by atoms with van der Waals surface area (Å²) in [6.45, 7) is 7.76. The standard InChI is InChI=1S/C15H30N2O/c1-13(12-14-6-3-4-9-16-14)17-10-5-7-15(2,18)8-11-17/h13-14,16,18H,3-12H2,1-2H3. The van der Waals surface area contributed by atoms with Crippen molar-refractivity contribution >= 4 is 0 Å². The van der Waals surface area contributed by atoms with Gasteiger partial charge < -0.3 is 15.3 Å². The molecule has 2 aliphatic heterocycles. The Morgan fingerprint density at radius 3 is 2.83 bits per heavy atom. The zero-order chi connectivity index (χ0) is 13.0. The minimum Gasteiger partial charge on any atom is -0.390 e. The zero-order valence-electron chi connectivity index (χ0n) is 12.1. The molecule has 0 aromatic carbocycles. The van der Waals surface area contributed by atoms with E-state index in [4.69, 9.17) is 0 Å². The first-order valence-electron chi connectivity index (χ1n) is 7.77. The largest absolute Gasteiger partial charge is 0.390 e. The van der Waals surface area contributed by atoms with Crippen LogP contribution in [0, 0.1) is 0 Å². The van der Waals surface area contributed by atoms with Crippen LogP contribution in [0.4, 0.5) is 0 Å². The molecule has 2 saturated heterocycles. The van der Waals surface area contributed by atoms with Gasteiger partial charge in [-0.2, -0.15) is 0 Å². The molecule has 0 amide bonds. The Labute approximate surface area is 112 Å². The molecule has 2 rings (SSSR count). The van der Waals surface area contributed by atoms with E-state index in [1.54, 1.807) is 0 Å². The molecule has 2 N–H and O–H groups in total. The van der Waals surface area contributed by atoms with E-state index in [1.165, 1.54) is 32.2 Å². The zero-order valence-corrected chi connectivity index (χ0v) is 12.1. The third-order valence-corrected chi connectivity index (χ3v) is 4.76. The molecule has 0 saturated carbocycles. The number of rotatable bonds is 3. The molecule has 0 aromatic rings. The Morgan fingerprint density at radius 1 is 1.28 bits per heavy atom. The van der Waals surface area contributed by atoms with Crippen LogP contribution >= 0.6 is 0 Å². The highest BCUT2D eigenvalue weighted by molar-refractivity contribution is 4.84. The van der Waals surface area contributed by atoms with Crippen molar-refractivity contribution in [1.82, 2.24) is 10.2 Å². The van der Waals surface area contributed by atoms with E-state index in [2.05, 4.69) is 17.1 Å². The normalized spacial score (nSPS) is 37.2. The second-order valence-electron chi connectivity index (χ2n) is 6.62. The highest BCUT2D eigenvalue weighted by Gasteiger charge is 2.27. The number of likely N-dealkylation sites (tertiary alicyclic amines) is 1. The second kappa shape index (κ2) is 6.36. The molecule has 3 heteroatoms. The first kappa shape index (κ1) is 14.3. The second-order valence-corrected chi connectivity index (χ2v) is 6.62. The lowest BCUT2D eigenvalue weighted by Crippen LogP contribution is -2.42. The van der Waals surface area contributed by atoms with Crippen molar-refractivity contribution in [1.29, 1.82) is 0 Å². The van der Waals surface area contributed by atoms with Crippen LogP contribution in [0.1, 0.15) is 58.8 Å². The van der Waals surface area contributed by atoms with Gasteiger partial charge in [-0.3, -0.25) is 0 Å². The van der Waals surface area contributed by atoms with Crippen molar-refractivity contribution in [3.63, 3.8) is 0 Å². The molecule has 2 aliphatic rings. The Bertz CT molecular complexity index is 249. The predicted molar refractivity (Wildman–Crippen MR) is 75.8 cm³/mol. The number of hydrogen-bond donors (Lipinski definition) is 2. The van der Waals surface area contributed by atoms with Crippen LogP contribution in [0.3, 0.4) is 0 Å².